The Hall–Kier alpha value is -0.910. The number of hydrogen-bond donors (Lipinski definition) is 1. The molecule has 5 heteroatoms. The molecule has 2 atom stereocenters. The average Bonchev–Trinajstić information content (AvgIpc) is 2.68. The summed E-state index contributed by atoms with van der Waals surface area (Å²) in [7, 11) is 0. The van der Waals surface area contributed by atoms with Crippen molar-refractivity contribution < 1.29 is 9.63 Å². The van der Waals surface area contributed by atoms with Gasteiger partial charge < -0.3 is 9.63 Å². The van der Waals surface area contributed by atoms with Gasteiger partial charge in [0.05, 0.1) is 11.8 Å². The van der Waals surface area contributed by atoms with Crippen LogP contribution in [0.3, 0.4) is 0 Å². The van der Waals surface area contributed by atoms with Crippen molar-refractivity contribution in [1.82, 2.24) is 15.0 Å². The predicted octanol–water partition coefficient (Wildman–Crippen LogP) is 0.870. The molecule has 1 aliphatic heterocycles. The minimum Gasteiger partial charge on any atom is -0.392 e. The molecule has 0 radical (unpaired) electrons. The second-order valence-electron chi connectivity index (χ2n) is 5.36. The van der Waals surface area contributed by atoms with Crippen LogP contribution in [-0.4, -0.2) is 58.4 Å². The number of hydrogen-bond acceptors (Lipinski definition) is 5. The van der Waals surface area contributed by atoms with Gasteiger partial charge in [-0.1, -0.05) is 5.16 Å². The number of β-amino-alcohol motifs (C(OH)–C–C–N with tert-alkyl or cyclic N) is 1. The van der Waals surface area contributed by atoms with Crippen LogP contribution in [-0.2, 0) is 6.54 Å². The second kappa shape index (κ2) is 5.82. The molecule has 1 aliphatic rings. The molecular weight excluding hydrogens is 230 g/mol. The van der Waals surface area contributed by atoms with E-state index in [1.807, 2.05) is 19.9 Å². The van der Waals surface area contributed by atoms with Crippen LogP contribution in [0.5, 0.6) is 0 Å². The Morgan fingerprint density at radius 1 is 1.56 bits per heavy atom. The summed E-state index contributed by atoms with van der Waals surface area (Å²) in [5.41, 5.74) is 1.00. The van der Waals surface area contributed by atoms with Crippen molar-refractivity contribution in [3.8, 4) is 0 Å². The van der Waals surface area contributed by atoms with E-state index >= 15 is 0 Å². The maximum absolute atomic E-state index is 9.45. The Balaban J connectivity index is 1.84. The summed E-state index contributed by atoms with van der Waals surface area (Å²) in [5.74, 6) is 0.866. The van der Waals surface area contributed by atoms with Crippen LogP contribution in [0.25, 0.3) is 0 Å². The minimum absolute atomic E-state index is 0.253. The second-order valence-corrected chi connectivity index (χ2v) is 5.36. The fourth-order valence-corrected chi connectivity index (χ4v) is 2.55. The Bertz CT molecular complexity index is 378. The van der Waals surface area contributed by atoms with Crippen LogP contribution >= 0.6 is 0 Å². The molecule has 1 aromatic heterocycles. The van der Waals surface area contributed by atoms with Gasteiger partial charge in [0, 0.05) is 44.8 Å². The molecule has 1 aromatic rings. The van der Waals surface area contributed by atoms with Crippen LogP contribution in [0.2, 0.25) is 0 Å². The Kier molecular flexibility index (Phi) is 4.37. The van der Waals surface area contributed by atoms with Gasteiger partial charge in [-0.3, -0.25) is 9.80 Å². The van der Waals surface area contributed by atoms with Crippen molar-refractivity contribution in [3.63, 3.8) is 0 Å². The molecule has 0 aliphatic carbocycles. The molecule has 1 saturated heterocycles. The van der Waals surface area contributed by atoms with Gasteiger partial charge >= 0.3 is 0 Å². The van der Waals surface area contributed by atoms with Gasteiger partial charge in [-0.2, -0.15) is 0 Å². The van der Waals surface area contributed by atoms with E-state index in [4.69, 9.17) is 4.52 Å². The third-order valence-electron chi connectivity index (χ3n) is 3.41. The van der Waals surface area contributed by atoms with Gasteiger partial charge in [0.1, 0.15) is 5.76 Å². The average molecular weight is 253 g/mol. The number of piperazine rings is 1. The first-order chi connectivity index (χ1) is 8.54. The standard InChI is InChI=1S/C13H23N3O2/c1-10-7-15(4-5-16(10)8-11(2)17)9-13-6-12(3)18-14-13/h6,10-11,17H,4-5,7-9H2,1-3H3. The maximum Gasteiger partial charge on any atom is 0.133 e. The first-order valence-electron chi connectivity index (χ1n) is 6.61. The summed E-state index contributed by atoms with van der Waals surface area (Å²) in [4.78, 5) is 4.73. The van der Waals surface area contributed by atoms with Gasteiger partial charge in [-0.05, 0) is 20.8 Å². The molecule has 2 unspecified atom stereocenters. The Morgan fingerprint density at radius 2 is 2.33 bits per heavy atom. The monoisotopic (exact) mass is 253 g/mol. The summed E-state index contributed by atoms with van der Waals surface area (Å²) in [5, 5.41) is 13.5. The molecule has 2 heterocycles. The highest BCUT2D eigenvalue weighted by Gasteiger charge is 2.24. The van der Waals surface area contributed by atoms with Crippen LogP contribution < -0.4 is 0 Å². The highest BCUT2D eigenvalue weighted by atomic mass is 16.5. The molecule has 0 saturated carbocycles. The van der Waals surface area contributed by atoms with Crippen molar-refractivity contribution in [2.45, 2.75) is 39.5 Å². The summed E-state index contributed by atoms with van der Waals surface area (Å²) >= 11 is 0. The Labute approximate surface area is 108 Å². The molecular formula is C13H23N3O2. The molecule has 0 aromatic carbocycles. The van der Waals surface area contributed by atoms with Gasteiger partial charge in [0.25, 0.3) is 0 Å². The SMILES string of the molecule is Cc1cc(CN2CCN(CC(C)O)C(C)C2)no1. The highest BCUT2D eigenvalue weighted by Crippen LogP contribution is 2.13. The van der Waals surface area contributed by atoms with Crippen LogP contribution in [0.1, 0.15) is 25.3 Å². The van der Waals surface area contributed by atoms with E-state index < -0.39 is 0 Å². The van der Waals surface area contributed by atoms with E-state index in [-0.39, 0.29) is 6.10 Å². The fourth-order valence-electron chi connectivity index (χ4n) is 2.55. The number of aliphatic hydroxyl groups is 1. The van der Waals surface area contributed by atoms with Crippen molar-refractivity contribution in [1.29, 1.82) is 0 Å². The number of rotatable bonds is 4. The predicted molar refractivity (Wildman–Crippen MR) is 69.2 cm³/mol. The summed E-state index contributed by atoms with van der Waals surface area (Å²) < 4.78 is 5.09. The molecule has 0 bridgehead atoms. The van der Waals surface area contributed by atoms with Crippen molar-refractivity contribution in [3.05, 3.63) is 17.5 Å². The van der Waals surface area contributed by atoms with Crippen molar-refractivity contribution >= 4 is 0 Å². The van der Waals surface area contributed by atoms with Crippen LogP contribution in [0.15, 0.2) is 10.6 Å². The van der Waals surface area contributed by atoms with Gasteiger partial charge in [-0.15, -0.1) is 0 Å². The minimum atomic E-state index is -0.253. The number of nitrogens with zero attached hydrogens (tertiary/aromatic N) is 3. The van der Waals surface area contributed by atoms with E-state index in [1.165, 1.54) is 0 Å². The quantitative estimate of drug-likeness (QED) is 0.863. The third kappa shape index (κ3) is 3.54. The topological polar surface area (TPSA) is 52.7 Å². The maximum atomic E-state index is 9.45. The number of aromatic nitrogens is 1. The molecule has 1 fully saturated rings. The zero-order chi connectivity index (χ0) is 13.1. The fraction of sp³-hybridized carbons (Fsp3) is 0.769. The van der Waals surface area contributed by atoms with E-state index in [0.29, 0.717) is 6.04 Å². The number of aliphatic hydroxyl groups excluding tert-OH is 1. The first kappa shape index (κ1) is 13.5. The molecule has 0 amide bonds. The molecule has 0 spiro atoms. The lowest BCUT2D eigenvalue weighted by Crippen LogP contribution is -2.53. The van der Waals surface area contributed by atoms with Crippen molar-refractivity contribution in [2.75, 3.05) is 26.2 Å². The molecule has 1 N–H and O–H groups in total. The summed E-state index contributed by atoms with van der Waals surface area (Å²) in [6, 6.07) is 2.47. The first-order valence-corrected chi connectivity index (χ1v) is 6.61. The van der Waals surface area contributed by atoms with Gasteiger partial charge in [0.15, 0.2) is 0 Å². The lowest BCUT2D eigenvalue weighted by Gasteiger charge is -2.40. The highest BCUT2D eigenvalue weighted by molar-refractivity contribution is 5.03. The van der Waals surface area contributed by atoms with Crippen LogP contribution in [0, 0.1) is 6.92 Å². The number of aryl methyl sites for hydroxylation is 1. The molecule has 102 valence electrons. The van der Waals surface area contributed by atoms with E-state index in [0.717, 1.165) is 44.2 Å². The summed E-state index contributed by atoms with van der Waals surface area (Å²) in [6.45, 7) is 10.6. The third-order valence-corrected chi connectivity index (χ3v) is 3.41. The molecule has 18 heavy (non-hydrogen) atoms. The van der Waals surface area contributed by atoms with E-state index in [1.54, 1.807) is 0 Å². The zero-order valence-electron chi connectivity index (χ0n) is 11.5. The van der Waals surface area contributed by atoms with E-state index in [2.05, 4.69) is 21.9 Å². The molecule has 5 nitrogen and oxygen atoms in total. The van der Waals surface area contributed by atoms with Crippen molar-refractivity contribution in [2.24, 2.45) is 0 Å². The lowest BCUT2D eigenvalue weighted by molar-refractivity contribution is 0.0415. The van der Waals surface area contributed by atoms with Crippen LogP contribution in [0.4, 0.5) is 0 Å². The largest absolute Gasteiger partial charge is 0.392 e. The Morgan fingerprint density at radius 3 is 2.89 bits per heavy atom. The lowest BCUT2D eigenvalue weighted by atomic mass is 10.1. The normalized spacial score (nSPS) is 24.3. The smallest absolute Gasteiger partial charge is 0.133 e. The van der Waals surface area contributed by atoms with Gasteiger partial charge in [0.2, 0.25) is 0 Å². The van der Waals surface area contributed by atoms with Gasteiger partial charge in [-0.25, -0.2) is 0 Å². The zero-order valence-corrected chi connectivity index (χ0v) is 11.5. The van der Waals surface area contributed by atoms with E-state index in [9.17, 15) is 5.11 Å². The summed E-state index contributed by atoms with van der Waals surface area (Å²) in [6.07, 6.45) is -0.253. The molecule has 2 rings (SSSR count).